The van der Waals surface area contributed by atoms with E-state index in [2.05, 4.69) is 91.1 Å². The number of ether oxygens (including phenoxy) is 1. The van der Waals surface area contributed by atoms with Crippen LogP contribution in [-0.2, 0) is 6.54 Å². The highest BCUT2D eigenvalue weighted by Gasteiger charge is 2.12. The molecular weight excluding hydrogens is 480 g/mol. The standard InChI is InChI=1S/C23H18Br2N2O/c1-28-21-12-2-16(3-13-21)15-27-23(18-6-10-20(25)11-7-18)14-22(26-27)17-4-8-19(24)9-5-17/h2-14H,15H2,1H3. The molecule has 3 aromatic carbocycles. The van der Waals surface area contributed by atoms with Crippen molar-refractivity contribution in [1.29, 1.82) is 0 Å². The molecule has 3 nitrogen and oxygen atoms in total. The summed E-state index contributed by atoms with van der Waals surface area (Å²) < 4.78 is 9.44. The van der Waals surface area contributed by atoms with Gasteiger partial charge in [-0.15, -0.1) is 0 Å². The second kappa shape index (κ2) is 8.33. The third-order valence-electron chi connectivity index (χ3n) is 4.55. The Kier molecular flexibility index (Phi) is 5.64. The summed E-state index contributed by atoms with van der Waals surface area (Å²) in [6.07, 6.45) is 0. The molecule has 4 aromatic rings. The minimum atomic E-state index is 0.686. The molecule has 0 N–H and O–H groups in total. The molecule has 0 saturated heterocycles. The van der Waals surface area contributed by atoms with Crippen molar-refractivity contribution in [2.75, 3.05) is 7.11 Å². The SMILES string of the molecule is COc1ccc(Cn2nc(-c3ccc(Br)cc3)cc2-c2ccc(Br)cc2)cc1. The summed E-state index contributed by atoms with van der Waals surface area (Å²) in [6, 6.07) is 26.8. The highest BCUT2D eigenvalue weighted by molar-refractivity contribution is 9.10. The molecule has 0 aliphatic rings. The first-order chi connectivity index (χ1) is 13.6. The third-order valence-corrected chi connectivity index (χ3v) is 5.61. The first-order valence-electron chi connectivity index (χ1n) is 8.85. The zero-order chi connectivity index (χ0) is 19.5. The Bertz CT molecular complexity index is 1070. The topological polar surface area (TPSA) is 27.1 Å². The van der Waals surface area contributed by atoms with Gasteiger partial charge in [-0.05, 0) is 53.6 Å². The predicted molar refractivity (Wildman–Crippen MR) is 121 cm³/mol. The maximum absolute atomic E-state index is 5.26. The van der Waals surface area contributed by atoms with E-state index >= 15 is 0 Å². The van der Waals surface area contributed by atoms with Gasteiger partial charge in [-0.2, -0.15) is 5.10 Å². The largest absolute Gasteiger partial charge is 0.497 e. The van der Waals surface area contributed by atoms with E-state index in [1.165, 1.54) is 5.56 Å². The zero-order valence-corrected chi connectivity index (χ0v) is 18.4. The van der Waals surface area contributed by atoms with Crippen molar-refractivity contribution in [2.45, 2.75) is 6.54 Å². The normalized spacial score (nSPS) is 10.8. The molecule has 0 spiro atoms. The monoisotopic (exact) mass is 496 g/mol. The van der Waals surface area contributed by atoms with Crippen molar-refractivity contribution in [3.8, 4) is 28.3 Å². The number of halogens is 2. The van der Waals surface area contributed by atoms with E-state index in [1.807, 2.05) is 24.3 Å². The molecule has 1 heterocycles. The van der Waals surface area contributed by atoms with Crippen molar-refractivity contribution in [3.63, 3.8) is 0 Å². The molecule has 0 amide bonds. The van der Waals surface area contributed by atoms with Gasteiger partial charge in [0.2, 0.25) is 0 Å². The Hall–Kier alpha value is -2.37. The van der Waals surface area contributed by atoms with E-state index in [9.17, 15) is 0 Å². The van der Waals surface area contributed by atoms with Crippen LogP contribution in [0.1, 0.15) is 5.56 Å². The lowest BCUT2D eigenvalue weighted by molar-refractivity contribution is 0.414. The molecule has 0 radical (unpaired) electrons. The second-order valence-corrected chi connectivity index (χ2v) is 8.27. The average Bonchev–Trinajstić information content (AvgIpc) is 3.13. The lowest BCUT2D eigenvalue weighted by atomic mass is 10.1. The minimum Gasteiger partial charge on any atom is -0.497 e. The number of methoxy groups -OCH3 is 1. The molecule has 0 aliphatic carbocycles. The zero-order valence-electron chi connectivity index (χ0n) is 15.3. The first kappa shape index (κ1) is 19.0. The molecule has 0 atom stereocenters. The number of rotatable bonds is 5. The van der Waals surface area contributed by atoms with Crippen molar-refractivity contribution < 1.29 is 4.74 Å². The highest BCUT2D eigenvalue weighted by Crippen LogP contribution is 2.29. The molecule has 5 heteroatoms. The van der Waals surface area contributed by atoms with Crippen LogP contribution in [0.5, 0.6) is 5.75 Å². The van der Waals surface area contributed by atoms with Gasteiger partial charge in [-0.1, -0.05) is 68.3 Å². The Morgan fingerprint density at radius 1 is 0.786 bits per heavy atom. The van der Waals surface area contributed by atoms with Gasteiger partial charge in [0, 0.05) is 14.5 Å². The van der Waals surface area contributed by atoms with E-state index in [-0.39, 0.29) is 0 Å². The van der Waals surface area contributed by atoms with Crippen molar-refractivity contribution in [1.82, 2.24) is 9.78 Å². The molecular formula is C23H18Br2N2O. The second-order valence-electron chi connectivity index (χ2n) is 6.43. The van der Waals surface area contributed by atoms with Gasteiger partial charge in [0.05, 0.1) is 25.0 Å². The van der Waals surface area contributed by atoms with Crippen LogP contribution in [0.25, 0.3) is 22.5 Å². The Morgan fingerprint density at radius 2 is 1.36 bits per heavy atom. The first-order valence-corrected chi connectivity index (χ1v) is 10.4. The molecule has 4 rings (SSSR count). The van der Waals surface area contributed by atoms with Crippen LogP contribution in [0.2, 0.25) is 0 Å². The van der Waals surface area contributed by atoms with Crippen LogP contribution in [0.3, 0.4) is 0 Å². The van der Waals surface area contributed by atoms with Crippen LogP contribution in [0, 0.1) is 0 Å². The summed E-state index contributed by atoms with van der Waals surface area (Å²) in [5.74, 6) is 0.855. The van der Waals surface area contributed by atoms with Gasteiger partial charge in [-0.25, -0.2) is 0 Å². The van der Waals surface area contributed by atoms with Crippen LogP contribution in [0.4, 0.5) is 0 Å². The van der Waals surface area contributed by atoms with E-state index in [4.69, 9.17) is 9.84 Å². The van der Waals surface area contributed by atoms with E-state index in [0.717, 1.165) is 37.2 Å². The molecule has 0 fully saturated rings. The Labute approximate surface area is 181 Å². The Balaban J connectivity index is 1.75. The molecule has 0 bridgehead atoms. The molecule has 0 aliphatic heterocycles. The Morgan fingerprint density at radius 3 is 1.93 bits per heavy atom. The van der Waals surface area contributed by atoms with Crippen LogP contribution < -0.4 is 4.74 Å². The fraction of sp³-hybridized carbons (Fsp3) is 0.0870. The lowest BCUT2D eigenvalue weighted by Crippen LogP contribution is -2.04. The maximum Gasteiger partial charge on any atom is 0.118 e. The number of hydrogen-bond donors (Lipinski definition) is 0. The smallest absolute Gasteiger partial charge is 0.118 e. The number of nitrogens with zero attached hydrogens (tertiary/aromatic N) is 2. The van der Waals surface area contributed by atoms with Gasteiger partial charge in [0.15, 0.2) is 0 Å². The van der Waals surface area contributed by atoms with Crippen LogP contribution >= 0.6 is 31.9 Å². The van der Waals surface area contributed by atoms with Crippen molar-refractivity contribution in [2.24, 2.45) is 0 Å². The van der Waals surface area contributed by atoms with Gasteiger partial charge in [0.25, 0.3) is 0 Å². The van der Waals surface area contributed by atoms with Gasteiger partial charge in [0.1, 0.15) is 5.75 Å². The summed E-state index contributed by atoms with van der Waals surface area (Å²) in [7, 11) is 1.68. The fourth-order valence-corrected chi connectivity index (χ4v) is 3.58. The third kappa shape index (κ3) is 4.21. The molecule has 140 valence electrons. The van der Waals surface area contributed by atoms with Gasteiger partial charge in [-0.3, -0.25) is 4.68 Å². The average molecular weight is 498 g/mol. The highest BCUT2D eigenvalue weighted by atomic mass is 79.9. The van der Waals surface area contributed by atoms with Gasteiger partial charge >= 0.3 is 0 Å². The summed E-state index contributed by atoms with van der Waals surface area (Å²) >= 11 is 7.01. The quantitative estimate of drug-likeness (QED) is 0.303. The molecule has 0 saturated carbocycles. The summed E-state index contributed by atoms with van der Waals surface area (Å²) in [5, 5.41) is 4.91. The molecule has 1 aromatic heterocycles. The predicted octanol–water partition coefficient (Wildman–Crippen LogP) is 6.80. The van der Waals surface area contributed by atoms with E-state index in [0.29, 0.717) is 6.54 Å². The number of hydrogen-bond acceptors (Lipinski definition) is 2. The van der Waals surface area contributed by atoms with Crippen molar-refractivity contribution in [3.05, 3.63) is 93.4 Å². The van der Waals surface area contributed by atoms with Crippen LogP contribution in [-0.4, -0.2) is 16.9 Å². The maximum atomic E-state index is 5.26. The van der Waals surface area contributed by atoms with Crippen LogP contribution in [0.15, 0.2) is 87.8 Å². The number of benzene rings is 3. The van der Waals surface area contributed by atoms with Crippen molar-refractivity contribution >= 4 is 31.9 Å². The summed E-state index contributed by atoms with van der Waals surface area (Å²) in [4.78, 5) is 0. The fourth-order valence-electron chi connectivity index (χ4n) is 3.06. The minimum absolute atomic E-state index is 0.686. The number of aromatic nitrogens is 2. The molecule has 28 heavy (non-hydrogen) atoms. The summed E-state index contributed by atoms with van der Waals surface area (Å²) in [6.45, 7) is 0.686. The molecule has 0 unspecified atom stereocenters. The van der Waals surface area contributed by atoms with E-state index < -0.39 is 0 Å². The summed E-state index contributed by atoms with van der Waals surface area (Å²) in [5.41, 5.74) is 5.44. The van der Waals surface area contributed by atoms with Gasteiger partial charge < -0.3 is 4.74 Å². The lowest BCUT2D eigenvalue weighted by Gasteiger charge is -2.09. The van der Waals surface area contributed by atoms with E-state index in [1.54, 1.807) is 7.11 Å².